The normalized spacial score (nSPS) is 13.3. The lowest BCUT2D eigenvalue weighted by molar-refractivity contribution is -0.385. The lowest BCUT2D eigenvalue weighted by Gasteiger charge is -2.20. The zero-order valence-corrected chi connectivity index (χ0v) is 19.4. The summed E-state index contributed by atoms with van der Waals surface area (Å²) in [7, 11) is 0. The first-order valence-electron chi connectivity index (χ1n) is 10.7. The van der Waals surface area contributed by atoms with E-state index in [4.69, 9.17) is 18.9 Å². The van der Waals surface area contributed by atoms with Gasteiger partial charge in [0.2, 0.25) is 0 Å². The predicted molar refractivity (Wildman–Crippen MR) is 122 cm³/mol. The number of nitro benzene ring substituents is 2. The van der Waals surface area contributed by atoms with Gasteiger partial charge < -0.3 is 18.9 Å². The first-order valence-corrected chi connectivity index (χ1v) is 10.7. The van der Waals surface area contributed by atoms with E-state index in [0.717, 1.165) is 0 Å². The van der Waals surface area contributed by atoms with E-state index in [1.807, 2.05) is 0 Å². The molecule has 0 aliphatic rings. The minimum absolute atomic E-state index is 0.0220. The van der Waals surface area contributed by atoms with Crippen LogP contribution in [0.25, 0.3) is 0 Å². The molecular formula is C23H26N2O10. The van der Waals surface area contributed by atoms with E-state index in [0.29, 0.717) is 0 Å². The van der Waals surface area contributed by atoms with Gasteiger partial charge in [-0.25, -0.2) is 9.59 Å². The average molecular weight is 490 g/mol. The molecule has 3 unspecified atom stereocenters. The highest BCUT2D eigenvalue weighted by atomic mass is 16.6. The summed E-state index contributed by atoms with van der Waals surface area (Å²) in [6.07, 6.45) is -1.34. The first-order chi connectivity index (χ1) is 16.6. The Morgan fingerprint density at radius 1 is 0.686 bits per heavy atom. The molecule has 0 N–H and O–H groups in total. The molecule has 2 aromatic rings. The number of non-ortho nitro benzene ring substituents is 2. The van der Waals surface area contributed by atoms with Crippen LogP contribution >= 0.6 is 0 Å². The van der Waals surface area contributed by atoms with Crippen molar-refractivity contribution in [3.05, 3.63) is 79.9 Å². The van der Waals surface area contributed by atoms with Crippen LogP contribution in [0.5, 0.6) is 0 Å². The Labute approximate surface area is 201 Å². The van der Waals surface area contributed by atoms with E-state index >= 15 is 0 Å². The molecule has 0 spiro atoms. The molecule has 0 saturated heterocycles. The van der Waals surface area contributed by atoms with Crippen LogP contribution in [-0.4, -0.2) is 59.9 Å². The van der Waals surface area contributed by atoms with Gasteiger partial charge in [-0.3, -0.25) is 20.2 Å². The molecule has 12 heteroatoms. The van der Waals surface area contributed by atoms with Crippen molar-refractivity contribution in [1.29, 1.82) is 0 Å². The number of hydrogen-bond acceptors (Lipinski definition) is 10. The Morgan fingerprint density at radius 2 is 1.09 bits per heavy atom. The van der Waals surface area contributed by atoms with E-state index in [9.17, 15) is 29.8 Å². The topological polar surface area (TPSA) is 157 Å². The smallest absolute Gasteiger partial charge is 0.338 e. The van der Waals surface area contributed by atoms with Crippen LogP contribution in [0.2, 0.25) is 0 Å². The van der Waals surface area contributed by atoms with Gasteiger partial charge in [0.25, 0.3) is 11.4 Å². The van der Waals surface area contributed by atoms with Crippen LogP contribution < -0.4 is 0 Å². The van der Waals surface area contributed by atoms with Crippen molar-refractivity contribution >= 4 is 23.3 Å². The summed E-state index contributed by atoms with van der Waals surface area (Å²) < 4.78 is 21.6. The van der Waals surface area contributed by atoms with E-state index in [-0.39, 0.29) is 48.4 Å². The van der Waals surface area contributed by atoms with Crippen molar-refractivity contribution in [3.63, 3.8) is 0 Å². The molecule has 0 fully saturated rings. The van der Waals surface area contributed by atoms with E-state index in [1.165, 1.54) is 48.5 Å². The number of nitrogens with zero attached hydrogens (tertiary/aromatic N) is 2. The van der Waals surface area contributed by atoms with Crippen molar-refractivity contribution in [2.75, 3.05) is 19.8 Å². The fourth-order valence-electron chi connectivity index (χ4n) is 2.70. The van der Waals surface area contributed by atoms with Crippen molar-refractivity contribution < 1.29 is 38.4 Å². The SMILES string of the molecule is CC(COC(=O)c1ccc([N+](=O)[O-])cc1)OCC(C)OCC(C)OC(=O)c1ccc([N+](=O)[O-])cc1. The molecule has 0 bridgehead atoms. The van der Waals surface area contributed by atoms with Gasteiger partial charge in [0.1, 0.15) is 12.7 Å². The second kappa shape index (κ2) is 13.1. The molecule has 0 aliphatic carbocycles. The maximum absolute atomic E-state index is 12.1. The summed E-state index contributed by atoms with van der Waals surface area (Å²) in [5.41, 5.74) is 0.137. The summed E-state index contributed by atoms with van der Waals surface area (Å²) in [6.45, 7) is 5.40. The molecule has 2 aromatic carbocycles. The highest BCUT2D eigenvalue weighted by molar-refractivity contribution is 5.90. The van der Waals surface area contributed by atoms with Gasteiger partial charge in [-0.1, -0.05) is 0 Å². The summed E-state index contributed by atoms with van der Waals surface area (Å²) in [6, 6.07) is 10.2. The largest absolute Gasteiger partial charge is 0.459 e. The number of ether oxygens (including phenoxy) is 4. The zero-order chi connectivity index (χ0) is 26.0. The molecule has 0 aromatic heterocycles. The molecule has 12 nitrogen and oxygen atoms in total. The standard InChI is InChI=1S/C23H26N2O10/c1-15(33-14-17(3)35-23(27)19-6-10-21(11-7-19)25(30)31)12-32-16(2)13-34-22(26)18-4-8-20(9-5-18)24(28)29/h4-11,15-17H,12-14H2,1-3H3. The molecule has 0 amide bonds. The van der Waals surface area contributed by atoms with Crippen molar-refractivity contribution in [1.82, 2.24) is 0 Å². The quantitative estimate of drug-likeness (QED) is 0.230. The number of nitro groups is 2. The lowest BCUT2D eigenvalue weighted by atomic mass is 10.2. The molecule has 0 heterocycles. The Hall–Kier alpha value is -3.90. The van der Waals surface area contributed by atoms with Gasteiger partial charge in [-0.05, 0) is 45.0 Å². The monoisotopic (exact) mass is 490 g/mol. The molecule has 0 radical (unpaired) electrons. The van der Waals surface area contributed by atoms with Gasteiger partial charge in [-0.2, -0.15) is 0 Å². The fraction of sp³-hybridized carbons (Fsp3) is 0.391. The van der Waals surface area contributed by atoms with Crippen molar-refractivity contribution in [2.45, 2.75) is 39.1 Å². The zero-order valence-electron chi connectivity index (χ0n) is 19.4. The maximum atomic E-state index is 12.1. The van der Waals surface area contributed by atoms with Crippen LogP contribution in [-0.2, 0) is 18.9 Å². The Bertz CT molecular complexity index is 1020. The highest BCUT2D eigenvalue weighted by Gasteiger charge is 2.17. The minimum Gasteiger partial charge on any atom is -0.459 e. The molecule has 3 atom stereocenters. The first kappa shape index (κ1) is 27.3. The Balaban J connectivity index is 1.66. The third-order valence-electron chi connectivity index (χ3n) is 4.62. The summed E-state index contributed by atoms with van der Waals surface area (Å²) in [5.74, 6) is -1.24. The Kier molecular flexibility index (Phi) is 10.2. The lowest BCUT2D eigenvalue weighted by Crippen LogP contribution is -2.28. The van der Waals surface area contributed by atoms with E-state index < -0.39 is 34.0 Å². The van der Waals surface area contributed by atoms with Crippen molar-refractivity contribution in [3.8, 4) is 0 Å². The molecule has 0 saturated carbocycles. The molecule has 0 aliphatic heterocycles. The molecular weight excluding hydrogens is 464 g/mol. The van der Waals surface area contributed by atoms with E-state index in [1.54, 1.807) is 20.8 Å². The molecule has 2 rings (SSSR count). The molecule has 35 heavy (non-hydrogen) atoms. The molecule has 188 valence electrons. The summed E-state index contributed by atoms with van der Waals surface area (Å²) in [5, 5.41) is 21.3. The predicted octanol–water partition coefficient (Wildman–Crippen LogP) is 3.72. The highest BCUT2D eigenvalue weighted by Crippen LogP contribution is 2.14. The third kappa shape index (κ3) is 9.10. The van der Waals surface area contributed by atoms with Crippen LogP contribution in [0.4, 0.5) is 11.4 Å². The van der Waals surface area contributed by atoms with Gasteiger partial charge in [0.15, 0.2) is 0 Å². The number of esters is 2. The van der Waals surface area contributed by atoms with Crippen molar-refractivity contribution in [2.24, 2.45) is 0 Å². The summed E-state index contributed by atoms with van der Waals surface area (Å²) in [4.78, 5) is 44.4. The number of benzene rings is 2. The van der Waals surface area contributed by atoms with Gasteiger partial charge in [0.05, 0.1) is 46.4 Å². The number of carbonyl (C=O) groups is 2. The second-order valence-corrected chi connectivity index (χ2v) is 7.71. The van der Waals surface area contributed by atoms with Crippen LogP contribution in [0.1, 0.15) is 41.5 Å². The van der Waals surface area contributed by atoms with Crippen LogP contribution in [0, 0.1) is 20.2 Å². The van der Waals surface area contributed by atoms with Crippen LogP contribution in [0.3, 0.4) is 0 Å². The van der Waals surface area contributed by atoms with Crippen LogP contribution in [0.15, 0.2) is 48.5 Å². The summed E-state index contributed by atoms with van der Waals surface area (Å²) >= 11 is 0. The second-order valence-electron chi connectivity index (χ2n) is 7.71. The number of carbonyl (C=O) groups excluding carboxylic acids is 2. The number of hydrogen-bond donors (Lipinski definition) is 0. The maximum Gasteiger partial charge on any atom is 0.338 e. The fourth-order valence-corrected chi connectivity index (χ4v) is 2.70. The van der Waals surface area contributed by atoms with Gasteiger partial charge in [-0.15, -0.1) is 0 Å². The minimum atomic E-state index is -0.622. The third-order valence-corrected chi connectivity index (χ3v) is 4.62. The average Bonchev–Trinajstić information content (AvgIpc) is 2.84. The van der Waals surface area contributed by atoms with Gasteiger partial charge >= 0.3 is 11.9 Å². The van der Waals surface area contributed by atoms with Gasteiger partial charge in [0, 0.05) is 24.3 Å². The van der Waals surface area contributed by atoms with E-state index in [2.05, 4.69) is 0 Å². The number of rotatable bonds is 13. The Morgan fingerprint density at radius 3 is 1.54 bits per heavy atom.